The standard InChI is InChI=1S/C27H20FN5O4/c1-16-14-30-25(27(35)33(16)19-7-3-17(28)4-8-19)26(34)32-18-5-9-20(10-6-18)37-23-11-12-29-22-13-21(36-2)15-31-24(22)23/h3-15H,1-2H3,(H,32,34). The highest BCUT2D eigenvalue weighted by atomic mass is 19.1. The van der Waals surface area contributed by atoms with Gasteiger partial charge in [0.15, 0.2) is 11.4 Å². The third kappa shape index (κ3) is 4.85. The molecule has 1 amide bonds. The van der Waals surface area contributed by atoms with Crippen LogP contribution in [0.3, 0.4) is 0 Å². The van der Waals surface area contributed by atoms with Crippen molar-refractivity contribution < 1.29 is 18.7 Å². The maximum Gasteiger partial charge on any atom is 0.286 e. The molecule has 0 radical (unpaired) electrons. The Morgan fingerprint density at radius 3 is 2.43 bits per heavy atom. The molecule has 5 aromatic rings. The fourth-order valence-corrected chi connectivity index (χ4v) is 3.71. The number of hydrogen-bond donors (Lipinski definition) is 1. The van der Waals surface area contributed by atoms with Gasteiger partial charge < -0.3 is 14.8 Å². The van der Waals surface area contributed by atoms with E-state index in [1.807, 2.05) is 0 Å². The Bertz CT molecular complexity index is 1670. The lowest BCUT2D eigenvalue weighted by molar-refractivity contribution is 0.102. The minimum atomic E-state index is -0.673. The molecular formula is C27H20FN5O4. The summed E-state index contributed by atoms with van der Waals surface area (Å²) in [7, 11) is 1.56. The Labute approximate surface area is 210 Å². The van der Waals surface area contributed by atoms with Crippen molar-refractivity contribution in [2.75, 3.05) is 12.4 Å². The smallest absolute Gasteiger partial charge is 0.286 e. The maximum atomic E-state index is 13.3. The maximum absolute atomic E-state index is 13.3. The van der Waals surface area contributed by atoms with Gasteiger partial charge in [-0.2, -0.15) is 0 Å². The summed E-state index contributed by atoms with van der Waals surface area (Å²) in [6.45, 7) is 1.68. The molecule has 9 nitrogen and oxygen atoms in total. The second kappa shape index (κ2) is 9.86. The summed E-state index contributed by atoms with van der Waals surface area (Å²) >= 11 is 0. The van der Waals surface area contributed by atoms with Gasteiger partial charge >= 0.3 is 0 Å². The molecule has 0 aliphatic rings. The molecule has 1 N–H and O–H groups in total. The van der Waals surface area contributed by atoms with Gasteiger partial charge in [0.1, 0.15) is 22.8 Å². The molecule has 0 fully saturated rings. The minimum absolute atomic E-state index is 0.292. The number of carbonyl (C=O) groups is 1. The fraction of sp³-hybridized carbons (Fsp3) is 0.0741. The third-order valence-electron chi connectivity index (χ3n) is 5.53. The number of halogens is 1. The number of benzene rings is 2. The Balaban J connectivity index is 1.35. The highest BCUT2D eigenvalue weighted by Crippen LogP contribution is 2.29. The quantitative estimate of drug-likeness (QED) is 0.363. The normalized spacial score (nSPS) is 10.8. The van der Waals surface area contributed by atoms with E-state index >= 15 is 0 Å². The molecule has 0 aliphatic carbocycles. The van der Waals surface area contributed by atoms with Crippen molar-refractivity contribution in [2.45, 2.75) is 6.92 Å². The first-order chi connectivity index (χ1) is 17.9. The Morgan fingerprint density at radius 1 is 0.946 bits per heavy atom. The number of rotatable bonds is 6. The summed E-state index contributed by atoms with van der Waals surface area (Å²) in [5.41, 5.74) is 1.67. The van der Waals surface area contributed by atoms with Gasteiger partial charge in [0.05, 0.1) is 18.8 Å². The number of fused-ring (bicyclic) bond motifs is 1. The number of amides is 1. The van der Waals surface area contributed by atoms with Gasteiger partial charge in [-0.3, -0.25) is 19.1 Å². The van der Waals surface area contributed by atoms with E-state index in [1.54, 1.807) is 62.8 Å². The zero-order valence-electron chi connectivity index (χ0n) is 19.8. The van der Waals surface area contributed by atoms with Gasteiger partial charge in [-0.25, -0.2) is 14.4 Å². The number of nitrogens with one attached hydrogen (secondary N) is 1. The summed E-state index contributed by atoms with van der Waals surface area (Å²) in [4.78, 5) is 38.5. The van der Waals surface area contributed by atoms with Gasteiger partial charge in [-0.15, -0.1) is 0 Å². The summed E-state index contributed by atoms with van der Waals surface area (Å²) in [5, 5.41) is 2.67. The van der Waals surface area contributed by atoms with Gasteiger partial charge in [-0.1, -0.05) is 0 Å². The number of nitrogens with zero attached hydrogens (tertiary/aromatic N) is 4. The van der Waals surface area contributed by atoms with Crippen LogP contribution in [0.25, 0.3) is 16.7 Å². The Hall–Kier alpha value is -5.12. The molecule has 5 rings (SSSR count). The molecule has 0 saturated heterocycles. The van der Waals surface area contributed by atoms with E-state index in [9.17, 15) is 14.0 Å². The third-order valence-corrected chi connectivity index (χ3v) is 5.53. The highest BCUT2D eigenvalue weighted by molar-refractivity contribution is 6.02. The molecule has 184 valence electrons. The largest absolute Gasteiger partial charge is 0.495 e. The summed E-state index contributed by atoms with van der Waals surface area (Å²) in [6.07, 6.45) is 4.61. The van der Waals surface area contributed by atoms with Crippen LogP contribution in [0.2, 0.25) is 0 Å². The zero-order chi connectivity index (χ0) is 25.9. The number of carbonyl (C=O) groups excluding carboxylic acids is 1. The van der Waals surface area contributed by atoms with Crippen LogP contribution in [0.15, 0.2) is 84.0 Å². The lowest BCUT2D eigenvalue weighted by Gasteiger charge is -2.12. The van der Waals surface area contributed by atoms with Crippen LogP contribution in [0.1, 0.15) is 16.2 Å². The van der Waals surface area contributed by atoms with E-state index in [0.29, 0.717) is 45.4 Å². The molecule has 0 bridgehead atoms. The summed E-state index contributed by atoms with van der Waals surface area (Å²) < 4.78 is 25.8. The molecule has 0 aliphatic heterocycles. The first-order valence-electron chi connectivity index (χ1n) is 11.2. The molecule has 3 heterocycles. The topological polar surface area (TPSA) is 108 Å². The van der Waals surface area contributed by atoms with Gasteiger partial charge in [0, 0.05) is 41.6 Å². The van der Waals surface area contributed by atoms with E-state index in [0.717, 1.165) is 0 Å². The zero-order valence-corrected chi connectivity index (χ0v) is 19.8. The van der Waals surface area contributed by atoms with Crippen LogP contribution in [0, 0.1) is 12.7 Å². The lowest BCUT2D eigenvalue weighted by Crippen LogP contribution is -2.31. The molecule has 10 heteroatoms. The van der Waals surface area contributed by atoms with Crippen molar-refractivity contribution in [2.24, 2.45) is 0 Å². The predicted molar refractivity (Wildman–Crippen MR) is 135 cm³/mol. The lowest BCUT2D eigenvalue weighted by atomic mass is 10.2. The van der Waals surface area contributed by atoms with Crippen LogP contribution < -0.4 is 20.3 Å². The fourth-order valence-electron chi connectivity index (χ4n) is 3.71. The molecule has 0 unspecified atom stereocenters. The van der Waals surface area contributed by atoms with Crippen molar-refractivity contribution >= 4 is 22.6 Å². The molecule has 3 aromatic heterocycles. The van der Waals surface area contributed by atoms with Crippen LogP contribution in [0.4, 0.5) is 10.1 Å². The number of hydrogen-bond acceptors (Lipinski definition) is 7. The Morgan fingerprint density at radius 2 is 1.70 bits per heavy atom. The number of aromatic nitrogens is 4. The summed E-state index contributed by atoms with van der Waals surface area (Å²) in [6, 6.07) is 15.5. The van der Waals surface area contributed by atoms with Gasteiger partial charge in [0.25, 0.3) is 11.5 Å². The SMILES string of the molecule is COc1cnc2c(Oc3ccc(NC(=O)c4ncc(C)n(-c5ccc(F)cc5)c4=O)cc3)ccnc2c1. The van der Waals surface area contributed by atoms with Crippen molar-refractivity contribution in [3.8, 4) is 22.9 Å². The van der Waals surface area contributed by atoms with E-state index < -0.39 is 17.3 Å². The van der Waals surface area contributed by atoms with Crippen molar-refractivity contribution in [3.05, 3.63) is 107 Å². The monoisotopic (exact) mass is 497 g/mol. The number of aryl methyl sites for hydroxylation is 1. The van der Waals surface area contributed by atoms with E-state index in [-0.39, 0.29) is 5.69 Å². The Kier molecular flexibility index (Phi) is 6.29. The molecule has 2 aromatic carbocycles. The molecule has 0 atom stereocenters. The highest BCUT2D eigenvalue weighted by Gasteiger charge is 2.17. The molecular weight excluding hydrogens is 477 g/mol. The van der Waals surface area contributed by atoms with E-state index in [2.05, 4.69) is 20.3 Å². The number of methoxy groups -OCH3 is 1. The summed E-state index contributed by atoms with van der Waals surface area (Å²) in [5.74, 6) is 0.505. The van der Waals surface area contributed by atoms with E-state index in [1.165, 1.54) is 35.0 Å². The van der Waals surface area contributed by atoms with Crippen molar-refractivity contribution in [1.82, 2.24) is 19.5 Å². The predicted octanol–water partition coefficient (Wildman–Crippen LogP) is 4.68. The van der Waals surface area contributed by atoms with Crippen molar-refractivity contribution in [3.63, 3.8) is 0 Å². The molecule has 0 spiro atoms. The van der Waals surface area contributed by atoms with Crippen LogP contribution in [-0.2, 0) is 0 Å². The van der Waals surface area contributed by atoms with E-state index in [4.69, 9.17) is 9.47 Å². The number of anilines is 1. The number of pyridine rings is 2. The average molecular weight is 497 g/mol. The first kappa shape index (κ1) is 23.6. The second-order valence-corrected chi connectivity index (χ2v) is 8.00. The van der Waals surface area contributed by atoms with Crippen LogP contribution in [0.5, 0.6) is 17.2 Å². The molecule has 37 heavy (non-hydrogen) atoms. The van der Waals surface area contributed by atoms with Crippen molar-refractivity contribution in [1.29, 1.82) is 0 Å². The first-order valence-corrected chi connectivity index (χ1v) is 11.2. The molecule has 0 saturated carbocycles. The minimum Gasteiger partial charge on any atom is -0.495 e. The van der Waals surface area contributed by atoms with Crippen LogP contribution in [-0.4, -0.2) is 32.5 Å². The second-order valence-electron chi connectivity index (χ2n) is 8.00. The van der Waals surface area contributed by atoms with Gasteiger partial charge in [-0.05, 0) is 55.5 Å². The van der Waals surface area contributed by atoms with Crippen LogP contribution >= 0.6 is 0 Å². The average Bonchev–Trinajstić information content (AvgIpc) is 2.90. The van der Waals surface area contributed by atoms with Gasteiger partial charge in [0.2, 0.25) is 0 Å². The number of ether oxygens (including phenoxy) is 2.